The number of hydrogen-bond donors (Lipinski definition) is 0. The second-order valence-corrected chi connectivity index (χ2v) is 9.15. The van der Waals surface area contributed by atoms with Crippen molar-refractivity contribution in [1.29, 1.82) is 0 Å². The Morgan fingerprint density at radius 1 is 0.871 bits per heavy atom. The molecule has 2 fully saturated rings. The fourth-order valence-corrected chi connectivity index (χ4v) is 5.41. The lowest BCUT2D eigenvalue weighted by Crippen LogP contribution is -2.36. The van der Waals surface area contributed by atoms with Gasteiger partial charge in [-0.25, -0.2) is 0 Å². The highest BCUT2D eigenvalue weighted by molar-refractivity contribution is 6.15. The number of anilines is 1. The van der Waals surface area contributed by atoms with Crippen LogP contribution in [0.25, 0.3) is 6.08 Å². The van der Waals surface area contributed by atoms with Crippen LogP contribution in [-0.4, -0.2) is 54.4 Å². The van der Waals surface area contributed by atoms with E-state index in [1.54, 1.807) is 0 Å². The monoisotopic (exact) mass is 414 g/mol. The van der Waals surface area contributed by atoms with E-state index < -0.39 is 0 Å². The predicted molar refractivity (Wildman–Crippen MR) is 130 cm³/mol. The van der Waals surface area contributed by atoms with Crippen molar-refractivity contribution >= 4 is 17.5 Å². The van der Waals surface area contributed by atoms with E-state index >= 15 is 0 Å². The molecule has 0 amide bonds. The van der Waals surface area contributed by atoms with Crippen molar-refractivity contribution in [1.82, 2.24) is 9.88 Å². The number of nitrogens with zero attached hydrogens (tertiary/aromatic N) is 4. The molecule has 0 radical (unpaired) electrons. The summed E-state index contributed by atoms with van der Waals surface area (Å²) in [5.74, 6) is 0. The Morgan fingerprint density at radius 3 is 2.55 bits per heavy atom. The first-order valence-corrected chi connectivity index (χ1v) is 12.1. The van der Waals surface area contributed by atoms with Crippen molar-refractivity contribution in [2.24, 2.45) is 4.99 Å². The summed E-state index contributed by atoms with van der Waals surface area (Å²) in [6.07, 6.45) is 15.2. The molecule has 5 rings (SSSR count). The van der Waals surface area contributed by atoms with Gasteiger partial charge in [0, 0.05) is 62.4 Å². The molecule has 3 aliphatic rings. The minimum absolute atomic E-state index is 0.847. The molecular weight excluding hydrogens is 380 g/mol. The largest absolute Gasteiger partial charge is 0.370 e. The zero-order valence-electron chi connectivity index (χ0n) is 18.5. The maximum absolute atomic E-state index is 4.81. The minimum Gasteiger partial charge on any atom is -0.370 e. The second-order valence-electron chi connectivity index (χ2n) is 9.15. The Labute approximate surface area is 186 Å². The molecule has 4 heteroatoms. The number of pyridine rings is 1. The first-order valence-electron chi connectivity index (χ1n) is 12.1. The summed E-state index contributed by atoms with van der Waals surface area (Å²) in [4.78, 5) is 14.4. The summed E-state index contributed by atoms with van der Waals surface area (Å²) >= 11 is 0. The minimum atomic E-state index is 0.847. The lowest BCUT2D eigenvalue weighted by Gasteiger charge is -2.27. The van der Waals surface area contributed by atoms with Gasteiger partial charge in [0.2, 0.25) is 0 Å². The lowest BCUT2D eigenvalue weighted by atomic mass is 9.95. The fourth-order valence-electron chi connectivity index (χ4n) is 5.41. The topological polar surface area (TPSA) is 31.7 Å². The van der Waals surface area contributed by atoms with Crippen LogP contribution in [0, 0.1) is 0 Å². The molecule has 1 aliphatic carbocycles. The second kappa shape index (κ2) is 9.78. The van der Waals surface area contributed by atoms with E-state index in [0.29, 0.717) is 0 Å². The summed E-state index contributed by atoms with van der Waals surface area (Å²) < 4.78 is 0. The number of aliphatic imine (C=N–C) groups is 1. The zero-order valence-corrected chi connectivity index (χ0v) is 18.5. The third kappa shape index (κ3) is 4.90. The standard InChI is InChI=1S/C27H34N4/c1-2-9-25(8-1)30-16-5-17-31(19-18-30)26-12-10-22(11-13-26)20-23-6-4-15-29-27(23)24-7-3-14-28-21-24/h3,7,10-14,20-21,25H,1-2,4-6,8-9,15-19H2/b23-20+. The third-order valence-electron chi connectivity index (χ3n) is 7.08. The zero-order chi connectivity index (χ0) is 20.9. The van der Waals surface area contributed by atoms with Gasteiger partial charge in [0.25, 0.3) is 0 Å². The Kier molecular flexibility index (Phi) is 6.45. The Morgan fingerprint density at radius 2 is 1.74 bits per heavy atom. The predicted octanol–water partition coefficient (Wildman–Crippen LogP) is 5.20. The molecule has 0 unspecified atom stereocenters. The molecule has 0 N–H and O–H groups in total. The van der Waals surface area contributed by atoms with Gasteiger partial charge >= 0.3 is 0 Å². The van der Waals surface area contributed by atoms with Crippen molar-refractivity contribution in [2.45, 2.75) is 51.0 Å². The van der Waals surface area contributed by atoms with Gasteiger partial charge in [-0.05, 0) is 73.6 Å². The maximum Gasteiger partial charge on any atom is 0.0694 e. The summed E-state index contributed by atoms with van der Waals surface area (Å²) in [5.41, 5.74) is 6.19. The van der Waals surface area contributed by atoms with Crippen molar-refractivity contribution in [3.63, 3.8) is 0 Å². The fraction of sp³-hybridized carbons (Fsp3) is 0.481. The summed E-state index contributed by atoms with van der Waals surface area (Å²) in [6.45, 7) is 5.70. The van der Waals surface area contributed by atoms with E-state index in [0.717, 1.165) is 43.2 Å². The molecule has 3 heterocycles. The van der Waals surface area contributed by atoms with Crippen molar-refractivity contribution in [2.75, 3.05) is 37.6 Å². The van der Waals surface area contributed by atoms with Gasteiger partial charge in [0.1, 0.15) is 0 Å². The van der Waals surface area contributed by atoms with Gasteiger partial charge in [-0.1, -0.05) is 25.0 Å². The van der Waals surface area contributed by atoms with Crippen LogP contribution < -0.4 is 4.90 Å². The van der Waals surface area contributed by atoms with Crippen molar-refractivity contribution in [3.05, 3.63) is 65.5 Å². The summed E-state index contributed by atoms with van der Waals surface area (Å²) in [7, 11) is 0. The van der Waals surface area contributed by atoms with Crippen LogP contribution in [0.2, 0.25) is 0 Å². The summed E-state index contributed by atoms with van der Waals surface area (Å²) in [6, 6.07) is 14.1. The van der Waals surface area contributed by atoms with Crippen molar-refractivity contribution in [3.8, 4) is 0 Å². The summed E-state index contributed by atoms with van der Waals surface area (Å²) in [5, 5.41) is 0. The van der Waals surface area contributed by atoms with E-state index in [1.165, 1.54) is 68.6 Å². The van der Waals surface area contributed by atoms with Crippen molar-refractivity contribution < 1.29 is 0 Å². The molecule has 162 valence electrons. The molecule has 0 bridgehead atoms. The van der Waals surface area contributed by atoms with Gasteiger partial charge in [-0.2, -0.15) is 0 Å². The van der Waals surface area contributed by atoms with Crippen LogP contribution in [-0.2, 0) is 0 Å². The average molecular weight is 415 g/mol. The highest BCUT2D eigenvalue weighted by Gasteiger charge is 2.24. The SMILES string of the molecule is C(=C1/CCCN=C1c1cccnc1)/c1ccc(N2CCCN(C3CCCC3)CC2)cc1. The molecule has 1 saturated carbocycles. The maximum atomic E-state index is 4.81. The van der Waals surface area contributed by atoms with Crippen LogP contribution in [0.4, 0.5) is 5.69 Å². The van der Waals surface area contributed by atoms with Crippen LogP contribution in [0.5, 0.6) is 0 Å². The number of hydrogen-bond acceptors (Lipinski definition) is 4. The number of benzene rings is 1. The number of allylic oxidation sites excluding steroid dienone is 1. The van der Waals surface area contributed by atoms with E-state index in [1.807, 2.05) is 18.5 Å². The Bertz CT molecular complexity index is 910. The molecule has 0 atom stereocenters. The smallest absolute Gasteiger partial charge is 0.0694 e. The number of aromatic nitrogens is 1. The molecular formula is C27H34N4. The van der Waals surface area contributed by atoms with E-state index in [2.05, 4.69) is 51.2 Å². The molecule has 1 aromatic heterocycles. The highest BCUT2D eigenvalue weighted by Crippen LogP contribution is 2.26. The van der Waals surface area contributed by atoms with Gasteiger partial charge in [-0.3, -0.25) is 14.9 Å². The molecule has 2 aliphatic heterocycles. The Hall–Kier alpha value is -2.46. The number of rotatable bonds is 4. The third-order valence-corrected chi connectivity index (χ3v) is 7.08. The quantitative estimate of drug-likeness (QED) is 0.689. The highest BCUT2D eigenvalue weighted by atomic mass is 15.2. The van der Waals surface area contributed by atoms with Crippen LogP contribution in [0.3, 0.4) is 0 Å². The van der Waals surface area contributed by atoms with E-state index in [4.69, 9.17) is 4.99 Å². The van der Waals surface area contributed by atoms with Crippen LogP contribution >= 0.6 is 0 Å². The Balaban J connectivity index is 1.27. The molecule has 1 aromatic carbocycles. The van der Waals surface area contributed by atoms with Crippen LogP contribution in [0.1, 0.15) is 56.1 Å². The van der Waals surface area contributed by atoms with Gasteiger partial charge in [0.15, 0.2) is 0 Å². The normalized spacial score (nSPS) is 22.5. The molecule has 1 saturated heterocycles. The molecule has 31 heavy (non-hydrogen) atoms. The molecule has 0 spiro atoms. The first-order chi connectivity index (χ1) is 15.4. The van der Waals surface area contributed by atoms with Gasteiger partial charge < -0.3 is 4.90 Å². The van der Waals surface area contributed by atoms with Gasteiger partial charge in [-0.15, -0.1) is 0 Å². The van der Waals surface area contributed by atoms with E-state index in [-0.39, 0.29) is 0 Å². The molecule has 4 nitrogen and oxygen atoms in total. The van der Waals surface area contributed by atoms with Gasteiger partial charge in [0.05, 0.1) is 5.71 Å². The van der Waals surface area contributed by atoms with Crippen LogP contribution in [0.15, 0.2) is 59.4 Å². The average Bonchev–Trinajstić information content (AvgIpc) is 3.25. The lowest BCUT2D eigenvalue weighted by molar-refractivity contribution is 0.213. The molecule has 2 aromatic rings. The first kappa shape index (κ1) is 20.4. The van der Waals surface area contributed by atoms with E-state index in [9.17, 15) is 0 Å².